The Balaban J connectivity index is 2.44. The van der Waals surface area contributed by atoms with Gasteiger partial charge in [-0.3, -0.25) is 0 Å². The molecule has 0 saturated carbocycles. The molecule has 14 heavy (non-hydrogen) atoms. The van der Waals surface area contributed by atoms with Crippen LogP contribution in [-0.4, -0.2) is 18.1 Å². The van der Waals surface area contributed by atoms with Crippen LogP contribution >= 0.6 is 11.8 Å². The fraction of sp³-hybridized carbons (Fsp3) is 0.636. The molecule has 0 radical (unpaired) electrons. The van der Waals surface area contributed by atoms with Crippen molar-refractivity contribution in [2.24, 2.45) is 0 Å². The van der Waals surface area contributed by atoms with Gasteiger partial charge in [-0.15, -0.1) is 0 Å². The highest BCUT2D eigenvalue weighted by Crippen LogP contribution is 2.18. The lowest BCUT2D eigenvalue weighted by atomic mass is 10.2. The molecule has 0 aliphatic rings. The van der Waals surface area contributed by atoms with Crippen molar-refractivity contribution in [1.29, 1.82) is 0 Å². The van der Waals surface area contributed by atoms with E-state index in [1.165, 1.54) is 17.7 Å². The topological polar surface area (TPSA) is 25.2 Å². The van der Waals surface area contributed by atoms with Crippen LogP contribution in [0, 0.1) is 0 Å². The van der Waals surface area contributed by atoms with Gasteiger partial charge in [0.2, 0.25) is 0 Å². The largest absolute Gasteiger partial charge is 0.472 e. The third kappa shape index (κ3) is 3.76. The standard InChI is InChI=1S/C11H19NOS/c1-3-6-12-11(9-14-4-2)10-5-7-13-8-10/h5,7-8,11-12H,3-4,6,9H2,1-2H3. The van der Waals surface area contributed by atoms with Gasteiger partial charge in [-0.2, -0.15) is 11.8 Å². The van der Waals surface area contributed by atoms with E-state index < -0.39 is 0 Å². The van der Waals surface area contributed by atoms with Crippen LogP contribution in [0.1, 0.15) is 31.9 Å². The minimum absolute atomic E-state index is 0.443. The number of furan rings is 1. The Morgan fingerprint density at radius 3 is 2.93 bits per heavy atom. The first-order valence-electron chi connectivity index (χ1n) is 5.21. The first-order valence-corrected chi connectivity index (χ1v) is 6.37. The Hall–Kier alpha value is -0.410. The van der Waals surface area contributed by atoms with E-state index in [0.29, 0.717) is 6.04 Å². The van der Waals surface area contributed by atoms with Crippen LogP contribution < -0.4 is 5.32 Å². The smallest absolute Gasteiger partial charge is 0.0950 e. The lowest BCUT2D eigenvalue weighted by Gasteiger charge is -2.15. The van der Waals surface area contributed by atoms with Gasteiger partial charge in [0, 0.05) is 17.4 Å². The van der Waals surface area contributed by atoms with E-state index in [4.69, 9.17) is 4.42 Å². The minimum Gasteiger partial charge on any atom is -0.472 e. The normalized spacial score (nSPS) is 13.0. The fourth-order valence-corrected chi connectivity index (χ4v) is 2.08. The molecule has 1 atom stereocenters. The molecule has 1 aromatic heterocycles. The SMILES string of the molecule is CCCNC(CSCC)c1ccoc1. The van der Waals surface area contributed by atoms with Crippen LogP contribution in [0.2, 0.25) is 0 Å². The molecule has 0 aromatic carbocycles. The molecule has 3 heteroatoms. The van der Waals surface area contributed by atoms with E-state index >= 15 is 0 Å². The summed E-state index contributed by atoms with van der Waals surface area (Å²) in [5.74, 6) is 2.29. The maximum atomic E-state index is 5.11. The highest BCUT2D eigenvalue weighted by Gasteiger charge is 2.10. The van der Waals surface area contributed by atoms with Crippen LogP contribution in [0.4, 0.5) is 0 Å². The first-order chi connectivity index (χ1) is 6.88. The zero-order chi connectivity index (χ0) is 10.2. The van der Waals surface area contributed by atoms with E-state index in [1.807, 2.05) is 24.1 Å². The van der Waals surface area contributed by atoms with E-state index in [0.717, 1.165) is 12.3 Å². The molecule has 0 fully saturated rings. The van der Waals surface area contributed by atoms with E-state index in [2.05, 4.69) is 19.2 Å². The number of hydrogen-bond acceptors (Lipinski definition) is 3. The summed E-state index contributed by atoms with van der Waals surface area (Å²) in [6.45, 7) is 5.45. The third-order valence-electron chi connectivity index (χ3n) is 2.07. The van der Waals surface area contributed by atoms with E-state index in [-0.39, 0.29) is 0 Å². The van der Waals surface area contributed by atoms with E-state index in [1.54, 1.807) is 6.26 Å². The maximum Gasteiger partial charge on any atom is 0.0950 e. The van der Waals surface area contributed by atoms with E-state index in [9.17, 15) is 0 Å². The number of thioether (sulfide) groups is 1. The number of hydrogen-bond donors (Lipinski definition) is 1. The Bertz CT molecular complexity index is 215. The van der Waals surface area contributed by atoms with Crippen molar-refractivity contribution in [2.45, 2.75) is 26.3 Å². The van der Waals surface area contributed by atoms with Crippen LogP contribution in [0.25, 0.3) is 0 Å². The van der Waals surface area contributed by atoms with Crippen molar-refractivity contribution in [1.82, 2.24) is 5.32 Å². The summed E-state index contributed by atoms with van der Waals surface area (Å²) < 4.78 is 5.11. The Labute approximate surface area is 90.5 Å². The van der Waals surface area contributed by atoms with Crippen LogP contribution in [0.15, 0.2) is 23.0 Å². The highest BCUT2D eigenvalue weighted by molar-refractivity contribution is 7.99. The molecule has 1 N–H and O–H groups in total. The molecule has 2 nitrogen and oxygen atoms in total. The van der Waals surface area contributed by atoms with Gasteiger partial charge in [-0.1, -0.05) is 13.8 Å². The van der Waals surface area contributed by atoms with Crippen molar-refractivity contribution >= 4 is 11.8 Å². The molecule has 0 aliphatic heterocycles. The zero-order valence-corrected chi connectivity index (χ0v) is 9.77. The second kappa shape index (κ2) is 6.96. The predicted octanol–water partition coefficient (Wildman–Crippen LogP) is 3.07. The van der Waals surface area contributed by atoms with Crippen LogP contribution in [-0.2, 0) is 0 Å². The van der Waals surface area contributed by atoms with Crippen molar-refractivity contribution in [3.05, 3.63) is 24.2 Å². The summed E-state index contributed by atoms with van der Waals surface area (Å²) in [5.41, 5.74) is 1.26. The van der Waals surface area contributed by atoms with Gasteiger partial charge in [0.05, 0.1) is 12.5 Å². The summed E-state index contributed by atoms with van der Waals surface area (Å²) in [6, 6.07) is 2.49. The summed E-state index contributed by atoms with van der Waals surface area (Å²) in [6.07, 6.45) is 4.75. The van der Waals surface area contributed by atoms with Crippen LogP contribution in [0.5, 0.6) is 0 Å². The minimum atomic E-state index is 0.443. The molecule has 0 bridgehead atoms. The Kier molecular flexibility index (Phi) is 5.80. The van der Waals surface area contributed by atoms with Gasteiger partial charge in [-0.05, 0) is 24.8 Å². The summed E-state index contributed by atoms with van der Waals surface area (Å²) in [7, 11) is 0. The summed E-state index contributed by atoms with van der Waals surface area (Å²) >= 11 is 1.96. The number of rotatable bonds is 7. The molecule has 0 saturated heterocycles. The van der Waals surface area contributed by atoms with Gasteiger partial charge < -0.3 is 9.73 Å². The lowest BCUT2D eigenvalue weighted by Crippen LogP contribution is -2.23. The second-order valence-electron chi connectivity index (χ2n) is 3.22. The van der Waals surface area contributed by atoms with Gasteiger partial charge in [0.15, 0.2) is 0 Å². The molecule has 1 heterocycles. The molecule has 0 amide bonds. The summed E-state index contributed by atoms with van der Waals surface area (Å²) in [5, 5.41) is 3.53. The molecule has 1 rings (SSSR count). The highest BCUT2D eigenvalue weighted by atomic mass is 32.2. The molecular formula is C11H19NOS. The monoisotopic (exact) mass is 213 g/mol. The van der Waals surface area contributed by atoms with Gasteiger partial charge in [0.25, 0.3) is 0 Å². The summed E-state index contributed by atoms with van der Waals surface area (Å²) in [4.78, 5) is 0. The second-order valence-corrected chi connectivity index (χ2v) is 4.54. The fourth-order valence-electron chi connectivity index (χ4n) is 1.30. The number of nitrogens with one attached hydrogen (secondary N) is 1. The molecular weight excluding hydrogens is 194 g/mol. The molecule has 1 unspecified atom stereocenters. The van der Waals surface area contributed by atoms with Crippen molar-refractivity contribution < 1.29 is 4.42 Å². The predicted molar refractivity (Wildman–Crippen MR) is 62.7 cm³/mol. The third-order valence-corrected chi connectivity index (χ3v) is 3.05. The lowest BCUT2D eigenvalue weighted by molar-refractivity contribution is 0.541. The maximum absolute atomic E-state index is 5.11. The Morgan fingerprint density at radius 2 is 2.36 bits per heavy atom. The van der Waals surface area contributed by atoms with Crippen molar-refractivity contribution in [3.8, 4) is 0 Å². The zero-order valence-electron chi connectivity index (χ0n) is 8.95. The molecule has 0 aliphatic carbocycles. The average Bonchev–Trinajstić information content (AvgIpc) is 2.71. The Morgan fingerprint density at radius 1 is 1.50 bits per heavy atom. The quantitative estimate of drug-likeness (QED) is 0.753. The van der Waals surface area contributed by atoms with Crippen LogP contribution in [0.3, 0.4) is 0 Å². The molecule has 80 valence electrons. The molecule has 0 spiro atoms. The molecule has 1 aromatic rings. The van der Waals surface area contributed by atoms with Gasteiger partial charge in [0.1, 0.15) is 0 Å². The van der Waals surface area contributed by atoms with Gasteiger partial charge >= 0.3 is 0 Å². The van der Waals surface area contributed by atoms with Crippen molar-refractivity contribution in [2.75, 3.05) is 18.1 Å². The average molecular weight is 213 g/mol. The van der Waals surface area contributed by atoms with Crippen molar-refractivity contribution in [3.63, 3.8) is 0 Å². The van der Waals surface area contributed by atoms with Gasteiger partial charge in [-0.25, -0.2) is 0 Å². The first kappa shape index (κ1) is 11.7.